The van der Waals surface area contributed by atoms with Crippen molar-refractivity contribution >= 4 is 18.0 Å². The van der Waals surface area contributed by atoms with E-state index in [4.69, 9.17) is 9.47 Å². The molecule has 1 aromatic carbocycles. The summed E-state index contributed by atoms with van der Waals surface area (Å²) in [6, 6.07) is 9.84. The molecular formula is C18H22O4. The summed E-state index contributed by atoms with van der Waals surface area (Å²) in [5, 5.41) is 0. The molecule has 1 aliphatic carbocycles. The summed E-state index contributed by atoms with van der Waals surface area (Å²) in [6.07, 6.45) is 5.96. The van der Waals surface area contributed by atoms with Gasteiger partial charge in [0.25, 0.3) is 0 Å². The highest BCUT2D eigenvalue weighted by molar-refractivity contribution is 5.67. The maximum absolute atomic E-state index is 11.4. The Labute approximate surface area is 131 Å². The van der Waals surface area contributed by atoms with Crippen molar-refractivity contribution in [3.63, 3.8) is 0 Å². The summed E-state index contributed by atoms with van der Waals surface area (Å²) in [5.74, 6) is -0.588. The predicted octanol–water partition coefficient (Wildman–Crippen LogP) is 3.36. The van der Waals surface area contributed by atoms with E-state index in [2.05, 4.69) is 0 Å². The van der Waals surface area contributed by atoms with Gasteiger partial charge in [-0.1, -0.05) is 36.4 Å². The molecule has 1 aromatic rings. The Hall–Kier alpha value is -2.10. The molecule has 4 nitrogen and oxygen atoms in total. The summed E-state index contributed by atoms with van der Waals surface area (Å²) >= 11 is 0. The van der Waals surface area contributed by atoms with Gasteiger partial charge in [-0.25, -0.2) is 0 Å². The molecular weight excluding hydrogens is 280 g/mol. The Balaban J connectivity index is 2.13. The second-order valence-electron chi connectivity index (χ2n) is 5.59. The minimum absolute atomic E-state index is 0.0211. The molecule has 1 aliphatic rings. The molecule has 0 bridgehead atoms. The number of esters is 2. The summed E-state index contributed by atoms with van der Waals surface area (Å²) < 4.78 is 10.8. The molecule has 3 atom stereocenters. The van der Waals surface area contributed by atoms with E-state index in [1.807, 2.05) is 42.5 Å². The van der Waals surface area contributed by atoms with Crippen molar-refractivity contribution in [3.8, 4) is 0 Å². The quantitative estimate of drug-likeness (QED) is 0.783. The van der Waals surface area contributed by atoms with Crippen molar-refractivity contribution in [2.24, 2.45) is 5.92 Å². The average molecular weight is 302 g/mol. The van der Waals surface area contributed by atoms with Gasteiger partial charge in [0, 0.05) is 19.8 Å². The van der Waals surface area contributed by atoms with E-state index in [0.29, 0.717) is 0 Å². The molecule has 0 N–H and O–H groups in total. The number of rotatable bonds is 5. The van der Waals surface area contributed by atoms with Crippen molar-refractivity contribution in [1.29, 1.82) is 0 Å². The molecule has 1 saturated carbocycles. The number of ether oxygens (including phenoxy) is 2. The largest absolute Gasteiger partial charge is 0.462 e. The zero-order valence-electron chi connectivity index (χ0n) is 13.0. The van der Waals surface area contributed by atoms with Crippen molar-refractivity contribution in [3.05, 3.63) is 42.0 Å². The van der Waals surface area contributed by atoms with Crippen LogP contribution in [0.1, 0.15) is 38.7 Å². The Kier molecular flexibility index (Phi) is 5.75. The van der Waals surface area contributed by atoms with Crippen molar-refractivity contribution in [1.82, 2.24) is 0 Å². The van der Waals surface area contributed by atoms with E-state index in [-0.39, 0.29) is 30.1 Å². The first-order valence-electron chi connectivity index (χ1n) is 7.64. The summed E-state index contributed by atoms with van der Waals surface area (Å²) in [5.41, 5.74) is 1.04. The Bertz CT molecular complexity index is 535. The number of carbonyl (C=O) groups is 2. The van der Waals surface area contributed by atoms with E-state index < -0.39 is 0 Å². The second kappa shape index (κ2) is 7.78. The first-order chi connectivity index (χ1) is 10.6. The zero-order valence-corrected chi connectivity index (χ0v) is 13.0. The number of benzene rings is 1. The molecule has 0 amide bonds. The predicted molar refractivity (Wildman–Crippen MR) is 83.9 cm³/mol. The minimum atomic E-state index is -0.371. The number of carbonyl (C=O) groups excluding carboxylic acids is 2. The molecule has 0 unspecified atom stereocenters. The lowest BCUT2D eigenvalue weighted by atomic mass is 9.97. The third-order valence-corrected chi connectivity index (χ3v) is 3.82. The smallest absolute Gasteiger partial charge is 0.303 e. The van der Waals surface area contributed by atoms with Crippen LogP contribution in [0.15, 0.2) is 36.4 Å². The highest BCUT2D eigenvalue weighted by atomic mass is 16.6. The molecule has 0 radical (unpaired) electrons. The standard InChI is InChI=1S/C18H22O4/c1-13(19)21-17-10-6-9-16(17)18(22-14(2)20)12-11-15-7-4-3-5-8-15/h3-5,7-8,11-12,16-18H,6,9-10H2,1-2H3/b12-11+/t16-,17+,18-/m0/s1. The van der Waals surface area contributed by atoms with Gasteiger partial charge >= 0.3 is 11.9 Å². The van der Waals surface area contributed by atoms with Crippen LogP contribution in [0.5, 0.6) is 0 Å². The van der Waals surface area contributed by atoms with Gasteiger partial charge in [-0.3, -0.25) is 9.59 Å². The SMILES string of the molecule is CC(=O)O[C@@H](/C=C/c1ccccc1)[C@H]1CCC[C@H]1OC(C)=O. The monoisotopic (exact) mass is 302 g/mol. The minimum Gasteiger partial charge on any atom is -0.462 e. The molecule has 0 aromatic heterocycles. The van der Waals surface area contributed by atoms with Crippen molar-refractivity contribution in [2.45, 2.75) is 45.3 Å². The van der Waals surface area contributed by atoms with Gasteiger partial charge in [-0.2, -0.15) is 0 Å². The fourth-order valence-corrected chi connectivity index (χ4v) is 2.92. The van der Waals surface area contributed by atoms with Crippen LogP contribution >= 0.6 is 0 Å². The average Bonchev–Trinajstić information content (AvgIpc) is 2.91. The molecule has 0 saturated heterocycles. The Morgan fingerprint density at radius 2 is 1.86 bits per heavy atom. The first kappa shape index (κ1) is 16.3. The second-order valence-corrected chi connectivity index (χ2v) is 5.59. The van der Waals surface area contributed by atoms with Crippen LogP contribution in [0.3, 0.4) is 0 Å². The van der Waals surface area contributed by atoms with Gasteiger partial charge in [0.1, 0.15) is 12.2 Å². The lowest BCUT2D eigenvalue weighted by Gasteiger charge is -2.25. The lowest BCUT2D eigenvalue weighted by Crippen LogP contribution is -2.32. The van der Waals surface area contributed by atoms with Crippen molar-refractivity contribution in [2.75, 3.05) is 0 Å². The van der Waals surface area contributed by atoms with Crippen LogP contribution in [0.4, 0.5) is 0 Å². The van der Waals surface area contributed by atoms with E-state index in [9.17, 15) is 9.59 Å². The Morgan fingerprint density at radius 3 is 2.50 bits per heavy atom. The van der Waals surface area contributed by atoms with Gasteiger partial charge in [-0.15, -0.1) is 0 Å². The lowest BCUT2D eigenvalue weighted by molar-refractivity contribution is -0.154. The van der Waals surface area contributed by atoms with Crippen LogP contribution < -0.4 is 0 Å². The third kappa shape index (κ3) is 4.72. The van der Waals surface area contributed by atoms with Gasteiger partial charge < -0.3 is 9.47 Å². The number of hydrogen-bond acceptors (Lipinski definition) is 4. The van der Waals surface area contributed by atoms with E-state index in [1.165, 1.54) is 13.8 Å². The zero-order chi connectivity index (χ0) is 15.9. The fraction of sp³-hybridized carbons (Fsp3) is 0.444. The molecule has 2 rings (SSSR count). The molecule has 22 heavy (non-hydrogen) atoms. The normalized spacial score (nSPS) is 22.5. The Morgan fingerprint density at radius 1 is 1.14 bits per heavy atom. The van der Waals surface area contributed by atoms with Gasteiger partial charge in [-0.05, 0) is 30.9 Å². The highest BCUT2D eigenvalue weighted by Gasteiger charge is 2.36. The van der Waals surface area contributed by atoms with Crippen molar-refractivity contribution < 1.29 is 19.1 Å². The fourth-order valence-electron chi connectivity index (χ4n) is 2.92. The molecule has 0 aliphatic heterocycles. The van der Waals surface area contributed by atoms with Crippen LogP contribution in [-0.4, -0.2) is 24.1 Å². The highest BCUT2D eigenvalue weighted by Crippen LogP contribution is 2.33. The van der Waals surface area contributed by atoms with Crippen LogP contribution in [0, 0.1) is 5.92 Å². The maximum Gasteiger partial charge on any atom is 0.303 e. The summed E-state index contributed by atoms with van der Waals surface area (Å²) in [7, 11) is 0. The summed E-state index contributed by atoms with van der Waals surface area (Å²) in [4.78, 5) is 22.6. The van der Waals surface area contributed by atoms with Crippen LogP contribution in [0.2, 0.25) is 0 Å². The molecule has 118 valence electrons. The van der Waals surface area contributed by atoms with Gasteiger partial charge in [0.2, 0.25) is 0 Å². The molecule has 4 heteroatoms. The van der Waals surface area contributed by atoms with Gasteiger partial charge in [0.05, 0.1) is 0 Å². The third-order valence-electron chi connectivity index (χ3n) is 3.82. The maximum atomic E-state index is 11.4. The molecule has 0 heterocycles. The van der Waals surface area contributed by atoms with Crippen LogP contribution in [0.25, 0.3) is 6.08 Å². The topological polar surface area (TPSA) is 52.6 Å². The molecule has 1 fully saturated rings. The van der Waals surface area contributed by atoms with E-state index in [1.54, 1.807) is 0 Å². The summed E-state index contributed by atoms with van der Waals surface area (Å²) in [6.45, 7) is 2.81. The first-order valence-corrected chi connectivity index (χ1v) is 7.64. The molecule has 0 spiro atoms. The van der Waals surface area contributed by atoms with E-state index >= 15 is 0 Å². The van der Waals surface area contributed by atoms with Crippen LogP contribution in [-0.2, 0) is 19.1 Å². The van der Waals surface area contributed by atoms with E-state index in [0.717, 1.165) is 24.8 Å². The van der Waals surface area contributed by atoms with Gasteiger partial charge in [0.15, 0.2) is 0 Å². The number of hydrogen-bond donors (Lipinski definition) is 0.